The predicted octanol–water partition coefficient (Wildman–Crippen LogP) is 5.81. The van der Waals surface area contributed by atoms with Crippen molar-refractivity contribution in [3.63, 3.8) is 0 Å². The number of carbonyl (C=O) groups excluding carboxylic acids is 1. The minimum absolute atomic E-state index is 0.212. The van der Waals surface area contributed by atoms with Gasteiger partial charge in [0.15, 0.2) is 0 Å². The van der Waals surface area contributed by atoms with Crippen molar-refractivity contribution >= 4 is 5.97 Å². The Bertz CT molecular complexity index is 234. The first-order valence-electron chi connectivity index (χ1n) is 8.60. The van der Waals surface area contributed by atoms with Crippen molar-refractivity contribution < 1.29 is 9.53 Å². The molecule has 0 saturated heterocycles. The average Bonchev–Trinajstić information content (AvgIpc) is 2.44. The van der Waals surface area contributed by atoms with Crippen LogP contribution in [0.1, 0.15) is 90.9 Å². The normalized spacial score (nSPS) is 11.1. The quantitative estimate of drug-likeness (QED) is 0.228. The Labute approximate surface area is 126 Å². The van der Waals surface area contributed by atoms with E-state index in [1.807, 2.05) is 6.92 Å². The number of hydrogen-bond acceptors (Lipinski definition) is 2. The molecule has 0 unspecified atom stereocenters. The Hall–Kier alpha value is -0.790. The van der Waals surface area contributed by atoms with E-state index in [0.717, 1.165) is 6.42 Å². The molecule has 0 aliphatic carbocycles. The molecule has 0 aromatic rings. The summed E-state index contributed by atoms with van der Waals surface area (Å²) in [5.41, 5.74) is 0. The van der Waals surface area contributed by atoms with Crippen molar-refractivity contribution in [3.8, 4) is 0 Å². The van der Waals surface area contributed by atoms with Gasteiger partial charge in [0, 0.05) is 6.08 Å². The third-order valence-corrected chi connectivity index (χ3v) is 3.54. The number of rotatable bonds is 14. The summed E-state index contributed by atoms with van der Waals surface area (Å²) >= 11 is 0. The zero-order valence-electron chi connectivity index (χ0n) is 13.7. The SMILES string of the molecule is CC=CC(=O)OCCCCCCCCCCCCCC. The summed E-state index contributed by atoms with van der Waals surface area (Å²) in [7, 11) is 0. The van der Waals surface area contributed by atoms with Crippen LogP contribution in [-0.4, -0.2) is 12.6 Å². The molecule has 2 nitrogen and oxygen atoms in total. The lowest BCUT2D eigenvalue weighted by atomic mass is 10.1. The topological polar surface area (TPSA) is 26.3 Å². The number of allylic oxidation sites excluding steroid dienone is 1. The molecule has 0 spiro atoms. The molecular formula is C18H34O2. The van der Waals surface area contributed by atoms with Crippen molar-refractivity contribution in [1.82, 2.24) is 0 Å². The highest BCUT2D eigenvalue weighted by Gasteiger charge is 1.96. The van der Waals surface area contributed by atoms with E-state index in [1.54, 1.807) is 6.08 Å². The molecule has 0 aromatic heterocycles. The molecule has 0 rings (SSSR count). The van der Waals surface area contributed by atoms with Crippen LogP contribution in [0.4, 0.5) is 0 Å². The van der Waals surface area contributed by atoms with Crippen LogP contribution in [0.3, 0.4) is 0 Å². The van der Waals surface area contributed by atoms with E-state index >= 15 is 0 Å². The van der Waals surface area contributed by atoms with Gasteiger partial charge in [-0.25, -0.2) is 4.79 Å². The van der Waals surface area contributed by atoms with Gasteiger partial charge in [0.25, 0.3) is 0 Å². The minimum Gasteiger partial charge on any atom is -0.463 e. The van der Waals surface area contributed by atoms with Gasteiger partial charge in [-0.05, 0) is 13.3 Å². The molecule has 0 atom stereocenters. The Morgan fingerprint density at radius 1 is 0.800 bits per heavy atom. The van der Waals surface area contributed by atoms with Crippen molar-refractivity contribution in [2.75, 3.05) is 6.61 Å². The van der Waals surface area contributed by atoms with Crippen molar-refractivity contribution in [3.05, 3.63) is 12.2 Å². The Balaban J connectivity index is 3.04. The van der Waals surface area contributed by atoms with Crippen molar-refractivity contribution in [2.24, 2.45) is 0 Å². The van der Waals surface area contributed by atoms with E-state index in [0.29, 0.717) is 6.61 Å². The van der Waals surface area contributed by atoms with E-state index in [-0.39, 0.29) is 5.97 Å². The first-order valence-corrected chi connectivity index (χ1v) is 8.60. The van der Waals surface area contributed by atoms with Gasteiger partial charge < -0.3 is 4.74 Å². The first-order chi connectivity index (χ1) is 9.81. The predicted molar refractivity (Wildman–Crippen MR) is 86.9 cm³/mol. The number of carbonyl (C=O) groups is 1. The third-order valence-electron chi connectivity index (χ3n) is 3.54. The van der Waals surface area contributed by atoms with Gasteiger partial charge in [0.05, 0.1) is 6.61 Å². The van der Waals surface area contributed by atoms with Crippen LogP contribution in [0.25, 0.3) is 0 Å². The minimum atomic E-state index is -0.212. The van der Waals surface area contributed by atoms with Crippen LogP contribution in [0.15, 0.2) is 12.2 Å². The summed E-state index contributed by atoms with van der Waals surface area (Å²) in [4.78, 5) is 11.0. The average molecular weight is 282 g/mol. The molecule has 0 saturated carbocycles. The lowest BCUT2D eigenvalue weighted by Crippen LogP contribution is -2.01. The van der Waals surface area contributed by atoms with Gasteiger partial charge in [-0.2, -0.15) is 0 Å². The van der Waals surface area contributed by atoms with Gasteiger partial charge in [-0.1, -0.05) is 83.6 Å². The zero-order chi connectivity index (χ0) is 14.9. The Morgan fingerprint density at radius 3 is 1.70 bits per heavy atom. The molecule has 118 valence electrons. The molecule has 2 heteroatoms. The molecule has 20 heavy (non-hydrogen) atoms. The van der Waals surface area contributed by atoms with E-state index in [2.05, 4.69) is 6.92 Å². The van der Waals surface area contributed by atoms with Crippen molar-refractivity contribution in [2.45, 2.75) is 90.9 Å². The molecule has 0 aromatic carbocycles. The van der Waals surface area contributed by atoms with E-state index < -0.39 is 0 Å². The van der Waals surface area contributed by atoms with Crippen LogP contribution >= 0.6 is 0 Å². The summed E-state index contributed by atoms with van der Waals surface area (Å²) < 4.78 is 5.05. The maximum Gasteiger partial charge on any atom is 0.330 e. The maximum atomic E-state index is 11.0. The second-order valence-electron chi connectivity index (χ2n) is 5.56. The van der Waals surface area contributed by atoms with Crippen LogP contribution < -0.4 is 0 Å². The lowest BCUT2D eigenvalue weighted by Gasteiger charge is -2.03. The lowest BCUT2D eigenvalue weighted by molar-refractivity contribution is -0.137. The molecule has 0 aliphatic rings. The van der Waals surface area contributed by atoms with Gasteiger partial charge in [-0.15, -0.1) is 0 Å². The maximum absolute atomic E-state index is 11.0. The molecule has 0 N–H and O–H groups in total. The van der Waals surface area contributed by atoms with Gasteiger partial charge >= 0.3 is 5.97 Å². The van der Waals surface area contributed by atoms with Crippen LogP contribution in [0.5, 0.6) is 0 Å². The summed E-state index contributed by atoms with van der Waals surface area (Å²) in [6.45, 7) is 4.66. The van der Waals surface area contributed by atoms with E-state index in [9.17, 15) is 4.79 Å². The summed E-state index contributed by atoms with van der Waals surface area (Å²) in [6.07, 6.45) is 19.1. The standard InChI is InChI=1S/C18H34O2/c1-3-5-6-7-8-9-10-11-12-13-14-15-17-20-18(19)16-4-2/h4,16H,3,5-15,17H2,1-2H3. The largest absolute Gasteiger partial charge is 0.463 e. The number of esters is 1. The molecule has 0 bridgehead atoms. The monoisotopic (exact) mass is 282 g/mol. The van der Waals surface area contributed by atoms with E-state index in [4.69, 9.17) is 4.74 Å². The van der Waals surface area contributed by atoms with Gasteiger partial charge in [0.1, 0.15) is 0 Å². The van der Waals surface area contributed by atoms with Crippen molar-refractivity contribution in [1.29, 1.82) is 0 Å². The molecule has 0 radical (unpaired) electrons. The molecular weight excluding hydrogens is 248 g/mol. The Morgan fingerprint density at radius 2 is 1.25 bits per heavy atom. The smallest absolute Gasteiger partial charge is 0.330 e. The second kappa shape index (κ2) is 16.3. The number of hydrogen-bond donors (Lipinski definition) is 0. The highest BCUT2D eigenvalue weighted by molar-refractivity contribution is 5.81. The molecule has 0 aliphatic heterocycles. The second-order valence-corrected chi connectivity index (χ2v) is 5.56. The summed E-state index contributed by atoms with van der Waals surface area (Å²) in [5, 5.41) is 0. The van der Waals surface area contributed by atoms with Crippen LogP contribution in [-0.2, 0) is 9.53 Å². The van der Waals surface area contributed by atoms with Gasteiger partial charge in [-0.3, -0.25) is 0 Å². The Kier molecular flexibility index (Phi) is 15.6. The fourth-order valence-corrected chi connectivity index (χ4v) is 2.30. The van der Waals surface area contributed by atoms with E-state index in [1.165, 1.54) is 76.7 Å². The highest BCUT2D eigenvalue weighted by Crippen LogP contribution is 2.11. The number of ether oxygens (including phenoxy) is 1. The first kappa shape index (κ1) is 19.2. The van der Waals surface area contributed by atoms with Crippen LogP contribution in [0.2, 0.25) is 0 Å². The highest BCUT2D eigenvalue weighted by atomic mass is 16.5. The molecule has 0 amide bonds. The zero-order valence-corrected chi connectivity index (χ0v) is 13.7. The third kappa shape index (κ3) is 15.3. The molecule has 0 heterocycles. The van der Waals surface area contributed by atoms with Gasteiger partial charge in [0.2, 0.25) is 0 Å². The fourth-order valence-electron chi connectivity index (χ4n) is 2.30. The van der Waals surface area contributed by atoms with Crippen LogP contribution in [0, 0.1) is 0 Å². The summed E-state index contributed by atoms with van der Waals surface area (Å²) in [6, 6.07) is 0. The number of unbranched alkanes of at least 4 members (excludes halogenated alkanes) is 11. The summed E-state index contributed by atoms with van der Waals surface area (Å²) in [5.74, 6) is -0.212. The molecule has 0 fully saturated rings. The fraction of sp³-hybridized carbons (Fsp3) is 0.833.